The van der Waals surface area contributed by atoms with Gasteiger partial charge >= 0.3 is 6.01 Å². The fourth-order valence-corrected chi connectivity index (χ4v) is 3.23. The van der Waals surface area contributed by atoms with Gasteiger partial charge in [0.25, 0.3) is 0 Å². The summed E-state index contributed by atoms with van der Waals surface area (Å²) < 4.78 is 5.73. The first kappa shape index (κ1) is 14.7. The van der Waals surface area contributed by atoms with Crippen molar-refractivity contribution in [1.82, 2.24) is 15.5 Å². The first-order valence-electron chi connectivity index (χ1n) is 7.08. The average molecular weight is 284 g/mol. The Morgan fingerprint density at radius 3 is 3.05 bits per heavy atom. The molecular formula is C13H24N4OS. The number of anilines is 1. The molecule has 2 rings (SSSR count). The van der Waals surface area contributed by atoms with Crippen LogP contribution in [0.3, 0.4) is 0 Å². The van der Waals surface area contributed by atoms with E-state index < -0.39 is 0 Å². The van der Waals surface area contributed by atoms with Gasteiger partial charge in [-0.2, -0.15) is 11.8 Å². The Morgan fingerprint density at radius 1 is 1.47 bits per heavy atom. The van der Waals surface area contributed by atoms with E-state index in [1.54, 1.807) is 0 Å². The van der Waals surface area contributed by atoms with E-state index in [2.05, 4.69) is 41.2 Å². The van der Waals surface area contributed by atoms with Crippen LogP contribution in [0.2, 0.25) is 0 Å². The van der Waals surface area contributed by atoms with Crippen molar-refractivity contribution in [3.05, 3.63) is 5.89 Å². The number of nitrogens with zero attached hydrogens (tertiary/aromatic N) is 3. The van der Waals surface area contributed by atoms with E-state index in [4.69, 9.17) is 4.42 Å². The van der Waals surface area contributed by atoms with Gasteiger partial charge < -0.3 is 14.6 Å². The summed E-state index contributed by atoms with van der Waals surface area (Å²) in [4.78, 5) is 2.21. The number of nitrogens with one attached hydrogen (secondary N) is 1. The van der Waals surface area contributed by atoms with Gasteiger partial charge in [0, 0.05) is 24.1 Å². The Morgan fingerprint density at radius 2 is 2.32 bits per heavy atom. The molecule has 1 aliphatic rings. The molecular weight excluding hydrogens is 260 g/mol. The fourth-order valence-electron chi connectivity index (χ4n) is 2.05. The van der Waals surface area contributed by atoms with Crippen LogP contribution < -0.4 is 10.2 Å². The molecule has 0 spiro atoms. The van der Waals surface area contributed by atoms with E-state index in [0.717, 1.165) is 25.4 Å². The summed E-state index contributed by atoms with van der Waals surface area (Å²) in [7, 11) is 0. The molecule has 0 aliphatic carbocycles. The third-order valence-corrected chi connectivity index (χ3v) is 4.52. The summed E-state index contributed by atoms with van der Waals surface area (Å²) >= 11 is 2.04. The third kappa shape index (κ3) is 4.38. The molecule has 1 aromatic heterocycles. The lowest BCUT2D eigenvalue weighted by Gasteiger charge is -2.30. The Hall–Kier alpha value is -0.750. The topological polar surface area (TPSA) is 54.2 Å². The predicted octanol–water partition coefficient (Wildman–Crippen LogP) is 2.15. The molecule has 1 saturated heterocycles. The predicted molar refractivity (Wildman–Crippen MR) is 79.6 cm³/mol. The molecule has 0 bridgehead atoms. The van der Waals surface area contributed by atoms with Gasteiger partial charge in [-0.3, -0.25) is 0 Å². The number of hydrogen-bond donors (Lipinski definition) is 1. The van der Waals surface area contributed by atoms with Crippen molar-refractivity contribution in [1.29, 1.82) is 0 Å². The van der Waals surface area contributed by atoms with Crippen molar-refractivity contribution >= 4 is 17.8 Å². The van der Waals surface area contributed by atoms with Crippen LogP contribution in [0.15, 0.2) is 4.42 Å². The highest BCUT2D eigenvalue weighted by Crippen LogP contribution is 2.24. The molecule has 1 N–H and O–H groups in total. The molecule has 6 heteroatoms. The van der Waals surface area contributed by atoms with Crippen molar-refractivity contribution in [3.63, 3.8) is 0 Å². The zero-order valence-electron chi connectivity index (χ0n) is 12.1. The van der Waals surface area contributed by atoms with Gasteiger partial charge in [-0.05, 0) is 18.9 Å². The van der Waals surface area contributed by atoms with E-state index in [-0.39, 0.29) is 0 Å². The quantitative estimate of drug-likeness (QED) is 0.864. The second-order valence-corrected chi connectivity index (χ2v) is 6.76. The lowest BCUT2D eigenvalue weighted by Crippen LogP contribution is -2.37. The van der Waals surface area contributed by atoms with Gasteiger partial charge in [0.05, 0.1) is 6.54 Å². The van der Waals surface area contributed by atoms with Gasteiger partial charge in [-0.15, -0.1) is 5.10 Å². The fraction of sp³-hybridized carbons (Fsp3) is 0.846. The Balaban J connectivity index is 1.85. The van der Waals surface area contributed by atoms with Crippen LogP contribution in [0.4, 0.5) is 6.01 Å². The molecule has 0 aromatic carbocycles. The molecule has 2 heterocycles. The molecule has 1 atom stereocenters. The van der Waals surface area contributed by atoms with Crippen molar-refractivity contribution < 1.29 is 4.42 Å². The van der Waals surface area contributed by atoms with Crippen molar-refractivity contribution in [2.45, 2.75) is 39.0 Å². The summed E-state index contributed by atoms with van der Waals surface area (Å²) in [6, 6.07) is 0.681. The maximum atomic E-state index is 5.73. The smallest absolute Gasteiger partial charge is 0.318 e. The largest absolute Gasteiger partial charge is 0.407 e. The summed E-state index contributed by atoms with van der Waals surface area (Å²) in [6.07, 6.45) is 1.19. The molecule has 0 radical (unpaired) electrons. The maximum absolute atomic E-state index is 5.73. The standard InChI is InChI=1S/C13H24N4OS/c1-4-11-9-17(5-6-19-11)13-16-15-12(18-13)8-14-7-10(2)3/h10-11,14H,4-9H2,1-3H3. The molecule has 0 saturated carbocycles. The van der Waals surface area contributed by atoms with Crippen LogP contribution >= 0.6 is 11.8 Å². The van der Waals surface area contributed by atoms with Crippen molar-refractivity contribution in [2.24, 2.45) is 5.92 Å². The molecule has 19 heavy (non-hydrogen) atoms. The van der Waals surface area contributed by atoms with Gasteiger partial charge in [0.1, 0.15) is 0 Å². The summed E-state index contributed by atoms with van der Waals surface area (Å²) in [5, 5.41) is 12.3. The minimum atomic E-state index is 0.631. The SMILES string of the molecule is CCC1CN(c2nnc(CNCC(C)C)o2)CCS1. The molecule has 1 fully saturated rings. The number of aromatic nitrogens is 2. The monoisotopic (exact) mass is 284 g/mol. The zero-order valence-corrected chi connectivity index (χ0v) is 12.9. The van der Waals surface area contributed by atoms with Crippen LogP contribution in [-0.4, -0.2) is 40.8 Å². The maximum Gasteiger partial charge on any atom is 0.318 e. The molecule has 1 aromatic rings. The number of rotatable bonds is 6. The van der Waals surface area contributed by atoms with E-state index in [0.29, 0.717) is 29.6 Å². The second kappa shape index (κ2) is 7.14. The average Bonchev–Trinajstić information content (AvgIpc) is 2.87. The second-order valence-electron chi connectivity index (χ2n) is 5.35. The highest BCUT2D eigenvalue weighted by atomic mass is 32.2. The van der Waals surface area contributed by atoms with Crippen LogP contribution in [0, 0.1) is 5.92 Å². The third-order valence-electron chi connectivity index (χ3n) is 3.15. The molecule has 0 amide bonds. The van der Waals surface area contributed by atoms with Crippen LogP contribution in [0.25, 0.3) is 0 Å². The van der Waals surface area contributed by atoms with Crippen LogP contribution in [0.1, 0.15) is 33.1 Å². The van der Waals surface area contributed by atoms with Crippen molar-refractivity contribution in [3.8, 4) is 0 Å². The van der Waals surface area contributed by atoms with Crippen LogP contribution in [0.5, 0.6) is 0 Å². The molecule has 108 valence electrons. The van der Waals surface area contributed by atoms with E-state index in [9.17, 15) is 0 Å². The van der Waals surface area contributed by atoms with Crippen LogP contribution in [-0.2, 0) is 6.54 Å². The number of hydrogen-bond acceptors (Lipinski definition) is 6. The molecule has 1 aliphatic heterocycles. The first-order valence-corrected chi connectivity index (χ1v) is 8.13. The lowest BCUT2D eigenvalue weighted by atomic mass is 10.2. The van der Waals surface area contributed by atoms with Gasteiger partial charge in [0.2, 0.25) is 5.89 Å². The Kier molecular flexibility index (Phi) is 5.51. The highest BCUT2D eigenvalue weighted by molar-refractivity contribution is 8.00. The van der Waals surface area contributed by atoms with E-state index in [1.165, 1.54) is 6.42 Å². The summed E-state index contributed by atoms with van der Waals surface area (Å²) in [6.45, 7) is 10.2. The minimum Gasteiger partial charge on any atom is -0.407 e. The first-order chi connectivity index (χ1) is 9.19. The van der Waals surface area contributed by atoms with Gasteiger partial charge in [-0.25, -0.2) is 0 Å². The Labute approximate surface area is 119 Å². The Bertz CT molecular complexity index is 382. The lowest BCUT2D eigenvalue weighted by molar-refractivity contribution is 0.446. The normalized spacial score (nSPS) is 20.2. The van der Waals surface area contributed by atoms with E-state index in [1.807, 2.05) is 11.8 Å². The van der Waals surface area contributed by atoms with Crippen molar-refractivity contribution in [2.75, 3.05) is 30.3 Å². The number of thioether (sulfide) groups is 1. The van der Waals surface area contributed by atoms with Gasteiger partial charge in [-0.1, -0.05) is 25.9 Å². The van der Waals surface area contributed by atoms with E-state index >= 15 is 0 Å². The highest BCUT2D eigenvalue weighted by Gasteiger charge is 2.22. The summed E-state index contributed by atoms with van der Waals surface area (Å²) in [5.74, 6) is 2.45. The van der Waals surface area contributed by atoms with Gasteiger partial charge in [0.15, 0.2) is 0 Å². The molecule has 1 unspecified atom stereocenters. The summed E-state index contributed by atoms with van der Waals surface area (Å²) in [5.41, 5.74) is 0. The molecule has 5 nitrogen and oxygen atoms in total. The zero-order chi connectivity index (χ0) is 13.7. The minimum absolute atomic E-state index is 0.631.